The summed E-state index contributed by atoms with van der Waals surface area (Å²) in [5.74, 6) is -0.223. The average molecular weight is 464 g/mol. The van der Waals surface area contributed by atoms with Crippen LogP contribution in [0.25, 0.3) is 0 Å². The van der Waals surface area contributed by atoms with Crippen molar-refractivity contribution < 1.29 is 27.5 Å². The predicted octanol–water partition coefficient (Wildman–Crippen LogP) is 2.59. The molecule has 0 heterocycles. The minimum atomic E-state index is -3.69. The van der Waals surface area contributed by atoms with Gasteiger partial charge in [-0.2, -0.15) is 0 Å². The fraction of sp³-hybridized carbons (Fsp3) is 0.364. The summed E-state index contributed by atoms with van der Waals surface area (Å²) >= 11 is 0. The molecule has 9 nitrogen and oxygen atoms in total. The maximum absolute atomic E-state index is 12.5. The molecule has 2 amide bonds. The van der Waals surface area contributed by atoms with Crippen LogP contribution in [0.2, 0.25) is 0 Å². The Labute approximate surface area is 188 Å². The molecule has 2 N–H and O–H groups in total. The second-order valence-electron chi connectivity index (χ2n) is 7.08. The first-order chi connectivity index (χ1) is 15.2. The fourth-order valence-electron chi connectivity index (χ4n) is 2.57. The van der Waals surface area contributed by atoms with Crippen molar-refractivity contribution in [1.29, 1.82) is 0 Å². The molecule has 0 aromatic heterocycles. The largest absolute Gasteiger partial charge is 0.490 e. The van der Waals surface area contributed by atoms with Gasteiger partial charge in [-0.25, -0.2) is 12.7 Å². The molecule has 2 rings (SSSR count). The van der Waals surface area contributed by atoms with Crippen LogP contribution in [0.5, 0.6) is 11.5 Å². The molecule has 174 valence electrons. The summed E-state index contributed by atoms with van der Waals surface area (Å²) in [4.78, 5) is 24.9. The summed E-state index contributed by atoms with van der Waals surface area (Å²) in [7, 11) is -0.886. The van der Waals surface area contributed by atoms with Crippen LogP contribution >= 0.6 is 0 Å². The van der Waals surface area contributed by atoms with Gasteiger partial charge in [-0.05, 0) is 49.2 Å². The van der Waals surface area contributed by atoms with Crippen LogP contribution in [0.15, 0.2) is 47.4 Å². The van der Waals surface area contributed by atoms with Gasteiger partial charge < -0.3 is 9.47 Å². The van der Waals surface area contributed by atoms with Crippen LogP contribution in [0.4, 0.5) is 0 Å². The van der Waals surface area contributed by atoms with Crippen molar-refractivity contribution in [3.63, 3.8) is 0 Å². The smallest absolute Gasteiger partial charge is 0.269 e. The molecule has 0 aliphatic heterocycles. The van der Waals surface area contributed by atoms with Crippen LogP contribution in [-0.2, 0) is 10.0 Å². The standard InChI is InChI=1S/C22H29N3O6S/c1-5-12-30-19-11-10-17(15-20(19)31-13-6-2)22(27)24-23-21(26)16-8-7-9-18(14-16)32(28,29)25(3)4/h7-11,14-15H,5-6,12-13H2,1-4H3,(H,23,26)(H,24,27). The average Bonchev–Trinajstić information content (AvgIpc) is 2.79. The minimum absolute atomic E-state index is 0.0261. The fourth-order valence-corrected chi connectivity index (χ4v) is 3.52. The molecule has 0 saturated carbocycles. The number of carbonyl (C=O) groups is 2. The van der Waals surface area contributed by atoms with Crippen molar-refractivity contribution in [1.82, 2.24) is 15.2 Å². The van der Waals surface area contributed by atoms with E-state index in [-0.39, 0.29) is 16.0 Å². The number of sulfonamides is 1. The third-order valence-electron chi connectivity index (χ3n) is 4.29. The molecule has 0 fully saturated rings. The second kappa shape index (κ2) is 11.5. The number of amides is 2. The second-order valence-corrected chi connectivity index (χ2v) is 9.23. The van der Waals surface area contributed by atoms with Crippen LogP contribution in [0, 0.1) is 0 Å². The van der Waals surface area contributed by atoms with Gasteiger partial charge >= 0.3 is 0 Å². The first-order valence-electron chi connectivity index (χ1n) is 10.2. The van der Waals surface area contributed by atoms with Crippen LogP contribution in [0.3, 0.4) is 0 Å². The molecule has 2 aromatic carbocycles. The zero-order valence-electron chi connectivity index (χ0n) is 18.7. The van der Waals surface area contributed by atoms with Gasteiger partial charge in [0.05, 0.1) is 18.1 Å². The molecule has 10 heteroatoms. The molecular weight excluding hydrogens is 434 g/mol. The summed E-state index contributed by atoms with van der Waals surface area (Å²) in [6, 6.07) is 10.3. The third kappa shape index (κ3) is 6.44. The highest BCUT2D eigenvalue weighted by atomic mass is 32.2. The molecule has 32 heavy (non-hydrogen) atoms. The zero-order valence-corrected chi connectivity index (χ0v) is 19.5. The predicted molar refractivity (Wildman–Crippen MR) is 120 cm³/mol. The number of nitrogens with zero attached hydrogens (tertiary/aromatic N) is 1. The van der Waals surface area contributed by atoms with E-state index in [1.807, 2.05) is 13.8 Å². The summed E-state index contributed by atoms with van der Waals surface area (Å²) in [5.41, 5.74) is 4.98. The molecule has 0 saturated heterocycles. The molecule has 0 unspecified atom stereocenters. The van der Waals surface area contributed by atoms with E-state index in [4.69, 9.17) is 9.47 Å². The van der Waals surface area contributed by atoms with E-state index in [0.29, 0.717) is 24.7 Å². The monoisotopic (exact) mass is 463 g/mol. The van der Waals surface area contributed by atoms with Gasteiger partial charge in [-0.15, -0.1) is 0 Å². The number of hydrogen-bond donors (Lipinski definition) is 2. The Bertz CT molecular complexity index is 1050. The van der Waals surface area contributed by atoms with Crippen LogP contribution in [-0.4, -0.2) is 51.8 Å². The Kier molecular flexibility index (Phi) is 9.03. The Morgan fingerprint density at radius 1 is 0.844 bits per heavy atom. The third-order valence-corrected chi connectivity index (χ3v) is 6.10. The summed E-state index contributed by atoms with van der Waals surface area (Å²) in [6.07, 6.45) is 1.63. The van der Waals surface area contributed by atoms with E-state index in [9.17, 15) is 18.0 Å². The van der Waals surface area contributed by atoms with Gasteiger partial charge in [0.1, 0.15) is 0 Å². The molecular formula is C22H29N3O6S. The van der Waals surface area contributed by atoms with Gasteiger partial charge in [0.15, 0.2) is 11.5 Å². The number of hydrogen-bond acceptors (Lipinski definition) is 6. The minimum Gasteiger partial charge on any atom is -0.490 e. The van der Waals surface area contributed by atoms with E-state index >= 15 is 0 Å². The van der Waals surface area contributed by atoms with Gasteiger partial charge in [-0.3, -0.25) is 20.4 Å². The molecule has 0 aliphatic carbocycles. The molecule has 0 spiro atoms. The first-order valence-corrected chi connectivity index (χ1v) is 11.7. The van der Waals surface area contributed by atoms with E-state index in [0.717, 1.165) is 17.1 Å². The molecule has 0 aliphatic rings. The Balaban J connectivity index is 2.11. The topological polar surface area (TPSA) is 114 Å². The summed E-state index contributed by atoms with van der Waals surface area (Å²) in [6.45, 7) is 4.95. The highest BCUT2D eigenvalue weighted by Gasteiger charge is 2.19. The molecule has 2 aromatic rings. The first kappa shape index (κ1) is 25.2. The van der Waals surface area contributed by atoms with E-state index in [1.165, 1.54) is 38.4 Å². The lowest BCUT2D eigenvalue weighted by molar-refractivity contribution is 0.0846. The van der Waals surface area contributed by atoms with Crippen molar-refractivity contribution >= 4 is 21.8 Å². The molecule has 0 atom stereocenters. The van der Waals surface area contributed by atoms with Gasteiger partial charge in [-0.1, -0.05) is 19.9 Å². The lowest BCUT2D eigenvalue weighted by Gasteiger charge is -2.14. The highest BCUT2D eigenvalue weighted by Crippen LogP contribution is 2.29. The van der Waals surface area contributed by atoms with Crippen LogP contribution in [0.1, 0.15) is 47.4 Å². The van der Waals surface area contributed by atoms with E-state index < -0.39 is 21.8 Å². The van der Waals surface area contributed by atoms with E-state index in [1.54, 1.807) is 18.2 Å². The van der Waals surface area contributed by atoms with Crippen molar-refractivity contribution in [2.24, 2.45) is 0 Å². The Morgan fingerprint density at radius 3 is 1.97 bits per heavy atom. The van der Waals surface area contributed by atoms with Crippen LogP contribution < -0.4 is 20.3 Å². The zero-order chi connectivity index (χ0) is 23.7. The summed E-state index contributed by atoms with van der Waals surface area (Å²) in [5, 5.41) is 0. The van der Waals surface area contributed by atoms with Crippen molar-refractivity contribution in [2.75, 3.05) is 27.3 Å². The Morgan fingerprint density at radius 2 is 1.41 bits per heavy atom. The molecule has 0 radical (unpaired) electrons. The highest BCUT2D eigenvalue weighted by molar-refractivity contribution is 7.89. The van der Waals surface area contributed by atoms with Gasteiger partial charge in [0.2, 0.25) is 10.0 Å². The number of carbonyl (C=O) groups excluding carboxylic acids is 2. The number of benzene rings is 2. The van der Waals surface area contributed by atoms with Crippen molar-refractivity contribution in [2.45, 2.75) is 31.6 Å². The van der Waals surface area contributed by atoms with Gasteiger partial charge in [0.25, 0.3) is 11.8 Å². The maximum atomic E-state index is 12.5. The quantitative estimate of drug-likeness (QED) is 0.524. The van der Waals surface area contributed by atoms with E-state index in [2.05, 4.69) is 10.9 Å². The lowest BCUT2D eigenvalue weighted by atomic mass is 10.2. The van der Waals surface area contributed by atoms with Gasteiger partial charge in [0, 0.05) is 25.2 Å². The number of nitrogens with one attached hydrogen (secondary N) is 2. The maximum Gasteiger partial charge on any atom is 0.269 e. The van der Waals surface area contributed by atoms with Crippen molar-refractivity contribution in [3.05, 3.63) is 53.6 Å². The number of rotatable bonds is 10. The summed E-state index contributed by atoms with van der Waals surface area (Å²) < 4.78 is 36.9. The van der Waals surface area contributed by atoms with Crippen molar-refractivity contribution in [3.8, 4) is 11.5 Å². The normalized spacial score (nSPS) is 11.2. The number of ether oxygens (including phenoxy) is 2. The number of hydrazine groups is 1. The SMILES string of the molecule is CCCOc1ccc(C(=O)NNC(=O)c2cccc(S(=O)(=O)N(C)C)c2)cc1OCCC. The Hall–Kier alpha value is -3.11. The molecule has 0 bridgehead atoms. The lowest BCUT2D eigenvalue weighted by Crippen LogP contribution is -2.41.